The summed E-state index contributed by atoms with van der Waals surface area (Å²) in [6.45, 7) is -0.177. The van der Waals surface area contributed by atoms with Crippen LogP contribution in [-0.2, 0) is 9.53 Å². The fourth-order valence-corrected chi connectivity index (χ4v) is 2.98. The molecule has 0 fully saturated rings. The number of nitrogens with zero attached hydrogens (tertiary/aromatic N) is 1. The van der Waals surface area contributed by atoms with Gasteiger partial charge < -0.3 is 9.84 Å². The molecule has 0 saturated carbocycles. The van der Waals surface area contributed by atoms with E-state index in [4.69, 9.17) is 16.3 Å². The molecule has 0 radical (unpaired) electrons. The number of carbonyl (C=O) groups is 1. The Morgan fingerprint density at radius 2 is 2.10 bits per heavy atom. The number of carbonyl (C=O) groups excluding carboxylic acids is 1. The first kappa shape index (κ1) is 14.3. The minimum atomic E-state index is -0.489. The zero-order valence-corrected chi connectivity index (χ0v) is 12.2. The molecule has 5 heteroatoms. The molecule has 0 spiro atoms. The zero-order valence-electron chi connectivity index (χ0n) is 11.5. The summed E-state index contributed by atoms with van der Waals surface area (Å²) >= 11 is 5.93. The van der Waals surface area contributed by atoms with Gasteiger partial charge in [0.05, 0.1) is 17.9 Å². The first-order chi connectivity index (χ1) is 10.2. The molecule has 2 heterocycles. The second-order valence-corrected chi connectivity index (χ2v) is 5.70. The highest BCUT2D eigenvalue weighted by molar-refractivity contribution is 6.30. The molecule has 0 aromatic heterocycles. The Morgan fingerprint density at radius 3 is 2.81 bits per heavy atom. The Bertz CT molecular complexity index is 606. The number of aliphatic hydroxyl groups excluding tert-OH is 1. The Hall–Kier alpha value is -1.65. The van der Waals surface area contributed by atoms with Gasteiger partial charge in [0, 0.05) is 23.6 Å². The number of cyclic esters (lactones) is 1. The van der Waals surface area contributed by atoms with Crippen molar-refractivity contribution in [3.05, 3.63) is 46.1 Å². The van der Waals surface area contributed by atoms with Crippen molar-refractivity contribution in [2.75, 3.05) is 6.61 Å². The molecule has 0 saturated heterocycles. The van der Waals surface area contributed by atoms with E-state index in [0.717, 1.165) is 24.1 Å². The van der Waals surface area contributed by atoms with E-state index in [2.05, 4.69) is 4.99 Å². The summed E-state index contributed by atoms with van der Waals surface area (Å²) in [5.74, 6) is -0.402. The predicted molar refractivity (Wildman–Crippen MR) is 80.5 cm³/mol. The second-order valence-electron chi connectivity index (χ2n) is 5.27. The highest BCUT2D eigenvalue weighted by Crippen LogP contribution is 2.38. The Kier molecular flexibility index (Phi) is 4.08. The third-order valence-electron chi connectivity index (χ3n) is 3.88. The van der Waals surface area contributed by atoms with Crippen molar-refractivity contribution in [1.29, 1.82) is 0 Å². The van der Waals surface area contributed by atoms with Crippen LogP contribution in [0.15, 0.2) is 40.5 Å². The van der Waals surface area contributed by atoms with Gasteiger partial charge in [0.25, 0.3) is 0 Å². The number of aliphatic imine (C=N–C) groups is 1. The van der Waals surface area contributed by atoms with Crippen molar-refractivity contribution in [1.82, 2.24) is 0 Å². The minimum absolute atomic E-state index is 0.0353. The minimum Gasteiger partial charge on any atom is -0.456 e. The first-order valence-electron chi connectivity index (χ1n) is 7.02. The SMILES string of the molecule is O=C1OC(CO)CC2=C1C(c1ccc(Cl)cc1)CCC=N2. The van der Waals surface area contributed by atoms with E-state index >= 15 is 0 Å². The van der Waals surface area contributed by atoms with Gasteiger partial charge in [0.1, 0.15) is 6.10 Å². The molecule has 21 heavy (non-hydrogen) atoms. The van der Waals surface area contributed by atoms with E-state index in [1.165, 1.54) is 0 Å². The van der Waals surface area contributed by atoms with E-state index in [1.54, 1.807) is 0 Å². The monoisotopic (exact) mass is 305 g/mol. The lowest BCUT2D eigenvalue weighted by atomic mass is 9.85. The van der Waals surface area contributed by atoms with E-state index in [-0.39, 0.29) is 18.5 Å². The van der Waals surface area contributed by atoms with Crippen LogP contribution in [0.3, 0.4) is 0 Å². The summed E-state index contributed by atoms with van der Waals surface area (Å²) in [5.41, 5.74) is 2.40. The summed E-state index contributed by atoms with van der Waals surface area (Å²) in [7, 11) is 0. The maximum absolute atomic E-state index is 12.3. The molecule has 0 bridgehead atoms. The standard InChI is InChI=1S/C16H16ClNO3/c17-11-5-3-10(4-6-11)13-2-1-7-18-14-8-12(9-19)21-16(20)15(13)14/h3-7,12-13,19H,1-2,8-9H2. The summed E-state index contributed by atoms with van der Waals surface area (Å²) in [4.78, 5) is 16.7. The van der Waals surface area contributed by atoms with Crippen molar-refractivity contribution in [2.24, 2.45) is 4.99 Å². The van der Waals surface area contributed by atoms with Crippen molar-refractivity contribution >= 4 is 23.8 Å². The second kappa shape index (κ2) is 6.00. The lowest BCUT2D eigenvalue weighted by molar-refractivity contribution is -0.148. The van der Waals surface area contributed by atoms with E-state index < -0.39 is 6.10 Å². The fourth-order valence-electron chi connectivity index (χ4n) is 2.86. The molecular formula is C16H16ClNO3. The summed E-state index contributed by atoms with van der Waals surface area (Å²) in [6, 6.07) is 7.53. The average Bonchev–Trinajstić information content (AvgIpc) is 2.70. The molecule has 1 N–H and O–H groups in total. The van der Waals surface area contributed by atoms with Gasteiger partial charge in [-0.25, -0.2) is 4.79 Å². The third-order valence-corrected chi connectivity index (χ3v) is 4.13. The van der Waals surface area contributed by atoms with Crippen molar-refractivity contribution in [3.63, 3.8) is 0 Å². The normalized spacial score (nSPS) is 25.3. The van der Waals surface area contributed by atoms with Crippen LogP contribution in [0.1, 0.15) is 30.7 Å². The molecule has 2 atom stereocenters. The van der Waals surface area contributed by atoms with Gasteiger partial charge in [-0.1, -0.05) is 23.7 Å². The van der Waals surface area contributed by atoms with Crippen molar-refractivity contribution in [3.8, 4) is 0 Å². The third kappa shape index (κ3) is 2.87. The molecule has 2 aliphatic rings. The van der Waals surface area contributed by atoms with Crippen LogP contribution >= 0.6 is 11.6 Å². The Balaban J connectivity index is 2.01. The van der Waals surface area contributed by atoms with Gasteiger partial charge in [-0.3, -0.25) is 4.99 Å². The number of aliphatic hydroxyl groups is 1. The van der Waals surface area contributed by atoms with Crippen molar-refractivity contribution < 1.29 is 14.6 Å². The van der Waals surface area contributed by atoms with Crippen LogP contribution < -0.4 is 0 Å². The molecule has 2 aliphatic heterocycles. The summed E-state index contributed by atoms with van der Waals surface area (Å²) in [5, 5.41) is 9.89. The lowest BCUT2D eigenvalue weighted by Crippen LogP contribution is -2.30. The van der Waals surface area contributed by atoms with Gasteiger partial charge in [-0.15, -0.1) is 0 Å². The topological polar surface area (TPSA) is 58.9 Å². The number of esters is 1. The Morgan fingerprint density at radius 1 is 1.33 bits per heavy atom. The van der Waals surface area contributed by atoms with Gasteiger partial charge in [-0.05, 0) is 30.5 Å². The Labute approximate surface area is 128 Å². The van der Waals surface area contributed by atoms with Crippen LogP contribution in [0.4, 0.5) is 0 Å². The van der Waals surface area contributed by atoms with Crippen LogP contribution in [0.5, 0.6) is 0 Å². The van der Waals surface area contributed by atoms with Gasteiger partial charge in [0.15, 0.2) is 0 Å². The molecule has 110 valence electrons. The maximum Gasteiger partial charge on any atom is 0.336 e. The molecule has 1 aromatic carbocycles. The molecule has 0 amide bonds. The average molecular weight is 306 g/mol. The van der Waals surface area contributed by atoms with Crippen molar-refractivity contribution in [2.45, 2.75) is 31.3 Å². The van der Waals surface area contributed by atoms with E-state index in [1.807, 2.05) is 30.5 Å². The number of rotatable bonds is 2. The molecule has 3 rings (SSSR count). The smallest absolute Gasteiger partial charge is 0.336 e. The van der Waals surface area contributed by atoms with Gasteiger partial charge in [-0.2, -0.15) is 0 Å². The van der Waals surface area contributed by atoms with Gasteiger partial charge >= 0.3 is 5.97 Å². The van der Waals surface area contributed by atoms with Crippen LogP contribution in [0.25, 0.3) is 0 Å². The van der Waals surface area contributed by atoms with E-state index in [0.29, 0.717) is 17.0 Å². The molecular weight excluding hydrogens is 290 g/mol. The van der Waals surface area contributed by atoms with Crippen LogP contribution in [0.2, 0.25) is 5.02 Å². The number of benzene rings is 1. The van der Waals surface area contributed by atoms with Crippen LogP contribution in [-0.4, -0.2) is 30.0 Å². The quantitative estimate of drug-likeness (QED) is 0.855. The largest absolute Gasteiger partial charge is 0.456 e. The summed E-state index contributed by atoms with van der Waals surface area (Å²) in [6.07, 6.45) is 3.44. The number of halogens is 1. The molecule has 1 aromatic rings. The highest BCUT2D eigenvalue weighted by atomic mass is 35.5. The predicted octanol–water partition coefficient (Wildman–Crippen LogP) is 2.85. The fraction of sp³-hybridized carbons (Fsp3) is 0.375. The maximum atomic E-state index is 12.3. The molecule has 2 unspecified atom stereocenters. The number of hydrogen-bond acceptors (Lipinski definition) is 4. The lowest BCUT2D eigenvalue weighted by Gasteiger charge is -2.27. The van der Waals surface area contributed by atoms with E-state index in [9.17, 15) is 9.90 Å². The van der Waals surface area contributed by atoms with Crippen LogP contribution in [0, 0.1) is 0 Å². The van der Waals surface area contributed by atoms with Gasteiger partial charge in [0.2, 0.25) is 0 Å². The first-order valence-corrected chi connectivity index (χ1v) is 7.39. The molecule has 4 nitrogen and oxygen atoms in total. The number of hydrogen-bond donors (Lipinski definition) is 1. The zero-order chi connectivity index (χ0) is 14.8. The number of ether oxygens (including phenoxy) is 1. The molecule has 0 aliphatic carbocycles. The highest BCUT2D eigenvalue weighted by Gasteiger charge is 2.34. The summed E-state index contributed by atoms with van der Waals surface area (Å²) < 4.78 is 5.29.